The minimum absolute atomic E-state index is 0.132. The molecule has 1 rings (SSSR count). The maximum atomic E-state index is 6.17. The second-order valence-electron chi connectivity index (χ2n) is 3.98. The summed E-state index contributed by atoms with van der Waals surface area (Å²) in [5.74, 6) is 0.678. The quantitative estimate of drug-likeness (QED) is 0.673. The maximum absolute atomic E-state index is 6.17. The Morgan fingerprint density at radius 3 is 2.83 bits per heavy atom. The van der Waals surface area contributed by atoms with Crippen LogP contribution in [0.2, 0.25) is 0 Å². The highest BCUT2D eigenvalue weighted by atomic mass is 35.5. The van der Waals surface area contributed by atoms with Gasteiger partial charge in [0.15, 0.2) is 0 Å². The predicted molar refractivity (Wildman–Crippen MR) is 53.3 cm³/mol. The molecule has 72 valence electrons. The summed E-state index contributed by atoms with van der Waals surface area (Å²) >= 11 is 5.73. The molecule has 1 heterocycles. The monoisotopic (exact) mass is 190 g/mol. The summed E-state index contributed by atoms with van der Waals surface area (Å²) in [7, 11) is 0. The zero-order chi connectivity index (χ0) is 9.19. The van der Waals surface area contributed by atoms with Gasteiger partial charge >= 0.3 is 0 Å². The molecule has 1 fully saturated rings. The van der Waals surface area contributed by atoms with Gasteiger partial charge in [-0.3, -0.25) is 4.90 Å². The van der Waals surface area contributed by atoms with E-state index in [9.17, 15) is 0 Å². The molecule has 0 unspecified atom stereocenters. The molecule has 1 aliphatic rings. The predicted octanol–water partition coefficient (Wildman–Crippen LogP) is 1.77. The first-order valence-corrected chi connectivity index (χ1v) is 5.23. The van der Waals surface area contributed by atoms with Gasteiger partial charge in [-0.25, -0.2) is 0 Å². The molecule has 0 bridgehead atoms. The lowest BCUT2D eigenvalue weighted by atomic mass is 9.93. The van der Waals surface area contributed by atoms with E-state index in [-0.39, 0.29) is 5.66 Å². The summed E-state index contributed by atoms with van der Waals surface area (Å²) in [5, 5.41) is 0. The molecule has 2 atom stereocenters. The smallest absolute Gasteiger partial charge is 0.0660 e. The Balaban J connectivity index is 2.60. The Bertz CT molecular complexity index is 147. The number of piperidine rings is 1. The fraction of sp³-hybridized carbons (Fsp3) is 1.00. The highest BCUT2D eigenvalue weighted by Gasteiger charge is 2.33. The van der Waals surface area contributed by atoms with E-state index in [0.29, 0.717) is 11.9 Å². The van der Waals surface area contributed by atoms with Crippen LogP contribution in [0.25, 0.3) is 0 Å². The summed E-state index contributed by atoms with van der Waals surface area (Å²) in [4.78, 5) is 2.32. The number of likely N-dealkylation sites (tertiary alicyclic amines) is 1. The van der Waals surface area contributed by atoms with Crippen molar-refractivity contribution in [2.24, 2.45) is 5.73 Å². The number of nitrogens with zero attached hydrogens (tertiary/aromatic N) is 1. The lowest BCUT2D eigenvalue weighted by molar-refractivity contribution is 0.0290. The molecule has 12 heavy (non-hydrogen) atoms. The van der Waals surface area contributed by atoms with E-state index in [1.54, 1.807) is 0 Å². The number of rotatable bonds is 2. The van der Waals surface area contributed by atoms with Gasteiger partial charge in [-0.1, -0.05) is 0 Å². The first kappa shape index (κ1) is 10.3. The van der Waals surface area contributed by atoms with E-state index in [4.69, 9.17) is 17.3 Å². The van der Waals surface area contributed by atoms with Crippen molar-refractivity contribution in [2.45, 2.75) is 44.8 Å². The van der Waals surface area contributed by atoms with E-state index in [1.807, 2.05) is 0 Å². The van der Waals surface area contributed by atoms with Gasteiger partial charge in [-0.15, -0.1) is 11.6 Å². The number of halogens is 1. The maximum Gasteiger partial charge on any atom is 0.0660 e. The zero-order valence-corrected chi connectivity index (χ0v) is 8.77. The minimum Gasteiger partial charge on any atom is -0.313 e. The molecule has 0 saturated carbocycles. The average molecular weight is 191 g/mol. The van der Waals surface area contributed by atoms with Gasteiger partial charge in [0.1, 0.15) is 0 Å². The zero-order valence-electron chi connectivity index (χ0n) is 8.02. The highest BCUT2D eigenvalue weighted by Crippen LogP contribution is 2.27. The van der Waals surface area contributed by atoms with Crippen LogP contribution in [0.1, 0.15) is 33.1 Å². The van der Waals surface area contributed by atoms with E-state index in [2.05, 4.69) is 18.7 Å². The fourth-order valence-electron chi connectivity index (χ4n) is 2.13. The standard InChI is InChI=1S/C9H19ClN2/c1-8-4-3-5-9(2,11)12(8)7-6-10/h8H,3-7,11H2,1-2H3/t8-,9+/m1/s1. The van der Waals surface area contributed by atoms with Crippen LogP contribution in [0, 0.1) is 0 Å². The average Bonchev–Trinajstić information content (AvgIpc) is 1.97. The summed E-state index contributed by atoms with van der Waals surface area (Å²) < 4.78 is 0. The third-order valence-electron chi connectivity index (χ3n) is 2.82. The molecule has 0 amide bonds. The van der Waals surface area contributed by atoms with E-state index in [1.165, 1.54) is 12.8 Å². The van der Waals surface area contributed by atoms with Crippen LogP contribution in [0.15, 0.2) is 0 Å². The molecule has 0 aliphatic carbocycles. The Hall–Kier alpha value is 0.210. The summed E-state index contributed by atoms with van der Waals surface area (Å²) in [6, 6.07) is 0.590. The molecule has 0 aromatic heterocycles. The number of hydrogen-bond donors (Lipinski definition) is 1. The van der Waals surface area contributed by atoms with Crippen LogP contribution < -0.4 is 5.73 Å². The first-order valence-electron chi connectivity index (χ1n) is 4.69. The number of alkyl halides is 1. The van der Waals surface area contributed by atoms with Crippen LogP contribution in [-0.4, -0.2) is 29.0 Å². The molecular formula is C9H19ClN2. The Morgan fingerprint density at radius 2 is 2.33 bits per heavy atom. The minimum atomic E-state index is -0.132. The van der Waals surface area contributed by atoms with Crippen LogP contribution in [-0.2, 0) is 0 Å². The molecule has 1 saturated heterocycles. The molecule has 2 N–H and O–H groups in total. The van der Waals surface area contributed by atoms with Crippen LogP contribution in [0.4, 0.5) is 0 Å². The van der Waals surface area contributed by atoms with Crippen molar-refractivity contribution in [3.8, 4) is 0 Å². The van der Waals surface area contributed by atoms with Gasteiger partial charge in [-0.2, -0.15) is 0 Å². The van der Waals surface area contributed by atoms with Gasteiger partial charge in [0.05, 0.1) is 5.66 Å². The Kier molecular flexibility index (Phi) is 3.38. The third kappa shape index (κ3) is 2.12. The van der Waals surface area contributed by atoms with Gasteiger partial charge in [0, 0.05) is 18.5 Å². The van der Waals surface area contributed by atoms with Gasteiger partial charge in [0.2, 0.25) is 0 Å². The van der Waals surface area contributed by atoms with E-state index < -0.39 is 0 Å². The summed E-state index contributed by atoms with van der Waals surface area (Å²) in [6.07, 6.45) is 3.59. The summed E-state index contributed by atoms with van der Waals surface area (Å²) in [5.41, 5.74) is 6.03. The van der Waals surface area contributed by atoms with Gasteiger partial charge in [-0.05, 0) is 33.1 Å². The second-order valence-corrected chi connectivity index (χ2v) is 4.36. The van der Waals surface area contributed by atoms with Gasteiger partial charge in [0.25, 0.3) is 0 Å². The van der Waals surface area contributed by atoms with E-state index >= 15 is 0 Å². The van der Waals surface area contributed by atoms with Crippen LogP contribution in [0.3, 0.4) is 0 Å². The number of nitrogens with two attached hydrogens (primary N) is 1. The lowest BCUT2D eigenvalue weighted by Crippen LogP contribution is -2.60. The largest absolute Gasteiger partial charge is 0.313 e. The van der Waals surface area contributed by atoms with Crippen LogP contribution in [0.5, 0.6) is 0 Å². The molecule has 1 aliphatic heterocycles. The van der Waals surface area contributed by atoms with Crippen molar-refractivity contribution in [3.63, 3.8) is 0 Å². The van der Waals surface area contributed by atoms with E-state index in [0.717, 1.165) is 13.0 Å². The Morgan fingerprint density at radius 1 is 1.67 bits per heavy atom. The first-order chi connectivity index (χ1) is 5.58. The molecule has 0 aromatic rings. The Labute approximate surface area is 80.1 Å². The number of hydrogen-bond acceptors (Lipinski definition) is 2. The normalized spacial score (nSPS) is 38.5. The fourth-order valence-corrected chi connectivity index (χ4v) is 2.31. The molecule has 0 radical (unpaired) electrons. The van der Waals surface area contributed by atoms with Crippen molar-refractivity contribution < 1.29 is 0 Å². The highest BCUT2D eigenvalue weighted by molar-refractivity contribution is 6.18. The third-order valence-corrected chi connectivity index (χ3v) is 2.99. The molecule has 3 heteroatoms. The van der Waals surface area contributed by atoms with Crippen LogP contribution >= 0.6 is 11.6 Å². The summed E-state index contributed by atoms with van der Waals surface area (Å²) in [6.45, 7) is 5.25. The van der Waals surface area contributed by atoms with Crippen molar-refractivity contribution >= 4 is 11.6 Å². The van der Waals surface area contributed by atoms with Crippen molar-refractivity contribution in [3.05, 3.63) is 0 Å². The lowest BCUT2D eigenvalue weighted by Gasteiger charge is -2.46. The van der Waals surface area contributed by atoms with Crippen molar-refractivity contribution in [1.29, 1.82) is 0 Å². The molecule has 0 aromatic carbocycles. The SMILES string of the molecule is C[C@@H]1CCC[C@@](C)(N)N1CCCl. The molecule has 2 nitrogen and oxygen atoms in total. The second kappa shape index (κ2) is 3.95. The topological polar surface area (TPSA) is 29.3 Å². The molecular weight excluding hydrogens is 172 g/mol. The molecule has 0 spiro atoms. The van der Waals surface area contributed by atoms with Crippen molar-refractivity contribution in [2.75, 3.05) is 12.4 Å². The van der Waals surface area contributed by atoms with Crippen molar-refractivity contribution in [1.82, 2.24) is 4.90 Å². The van der Waals surface area contributed by atoms with Gasteiger partial charge < -0.3 is 5.73 Å².